The Bertz CT molecular complexity index is 342. The van der Waals surface area contributed by atoms with Gasteiger partial charge in [0.1, 0.15) is 0 Å². The Hall–Kier alpha value is -0.570. The van der Waals surface area contributed by atoms with Crippen molar-refractivity contribution in [3.63, 3.8) is 0 Å². The van der Waals surface area contributed by atoms with E-state index in [0.717, 1.165) is 38.4 Å². The third-order valence-corrected chi connectivity index (χ3v) is 5.03. The first-order chi connectivity index (χ1) is 9.87. The van der Waals surface area contributed by atoms with Crippen LogP contribution >= 0.6 is 0 Å². The van der Waals surface area contributed by atoms with Crippen LogP contribution in [0.4, 0.5) is 0 Å². The Kier molecular flexibility index (Phi) is 5.70. The van der Waals surface area contributed by atoms with Gasteiger partial charge in [-0.3, -0.25) is 4.79 Å². The molecular formula is C18H34N2O. The van der Waals surface area contributed by atoms with Crippen molar-refractivity contribution in [2.75, 3.05) is 19.6 Å². The normalized spacial score (nSPS) is 26.1. The fourth-order valence-electron chi connectivity index (χ4n) is 4.35. The highest BCUT2D eigenvalue weighted by molar-refractivity contribution is 5.77. The van der Waals surface area contributed by atoms with E-state index >= 15 is 0 Å². The van der Waals surface area contributed by atoms with E-state index in [1.54, 1.807) is 0 Å². The van der Waals surface area contributed by atoms with Crippen LogP contribution in [0.25, 0.3) is 0 Å². The Morgan fingerprint density at radius 2 is 1.90 bits per heavy atom. The minimum Gasteiger partial charge on any atom is -0.339 e. The molecule has 3 nitrogen and oxygen atoms in total. The molecule has 0 aromatic carbocycles. The van der Waals surface area contributed by atoms with Crippen LogP contribution in [0.5, 0.6) is 0 Å². The molecule has 2 aliphatic heterocycles. The lowest BCUT2D eigenvalue weighted by Gasteiger charge is -2.35. The van der Waals surface area contributed by atoms with E-state index in [9.17, 15) is 4.79 Å². The molecule has 21 heavy (non-hydrogen) atoms. The van der Waals surface area contributed by atoms with E-state index in [4.69, 9.17) is 0 Å². The highest BCUT2D eigenvalue weighted by Gasteiger charge is 2.35. The lowest BCUT2D eigenvalue weighted by Crippen LogP contribution is -2.44. The fraction of sp³-hybridized carbons (Fsp3) is 0.944. The number of nitrogens with zero attached hydrogens (tertiary/aromatic N) is 1. The maximum absolute atomic E-state index is 12.7. The van der Waals surface area contributed by atoms with Crippen molar-refractivity contribution in [1.82, 2.24) is 10.2 Å². The summed E-state index contributed by atoms with van der Waals surface area (Å²) < 4.78 is 0. The molecule has 0 bridgehead atoms. The van der Waals surface area contributed by atoms with Gasteiger partial charge in [0.2, 0.25) is 5.91 Å². The predicted molar refractivity (Wildman–Crippen MR) is 88.2 cm³/mol. The average Bonchev–Trinajstić information content (AvgIpc) is 2.86. The van der Waals surface area contributed by atoms with Gasteiger partial charge in [0.05, 0.1) is 0 Å². The van der Waals surface area contributed by atoms with Crippen LogP contribution in [0, 0.1) is 17.3 Å². The van der Waals surface area contributed by atoms with Crippen LogP contribution in [-0.2, 0) is 4.79 Å². The van der Waals surface area contributed by atoms with Crippen molar-refractivity contribution in [2.45, 2.75) is 72.3 Å². The van der Waals surface area contributed by atoms with E-state index in [1.807, 2.05) is 0 Å². The first-order valence-corrected chi connectivity index (χ1v) is 8.87. The van der Waals surface area contributed by atoms with E-state index in [-0.39, 0.29) is 0 Å². The van der Waals surface area contributed by atoms with Gasteiger partial charge in [-0.1, -0.05) is 27.7 Å². The molecule has 0 saturated carbocycles. The zero-order valence-corrected chi connectivity index (χ0v) is 14.5. The van der Waals surface area contributed by atoms with Crippen LogP contribution in [0.15, 0.2) is 0 Å². The summed E-state index contributed by atoms with van der Waals surface area (Å²) in [5.74, 6) is 1.63. The highest BCUT2D eigenvalue weighted by atomic mass is 16.2. The molecular weight excluding hydrogens is 260 g/mol. The summed E-state index contributed by atoms with van der Waals surface area (Å²) in [4.78, 5) is 14.9. The number of piperidine rings is 1. The molecule has 2 unspecified atom stereocenters. The molecule has 0 radical (unpaired) electrons. The second kappa shape index (κ2) is 7.13. The monoisotopic (exact) mass is 294 g/mol. The molecule has 1 amide bonds. The summed E-state index contributed by atoms with van der Waals surface area (Å²) in [6, 6.07) is 0.529. The molecule has 0 aromatic rings. The predicted octanol–water partition coefficient (Wildman–Crippen LogP) is 3.44. The van der Waals surface area contributed by atoms with Gasteiger partial charge in [-0.05, 0) is 62.4 Å². The summed E-state index contributed by atoms with van der Waals surface area (Å²) in [6.07, 6.45) is 6.78. The van der Waals surface area contributed by atoms with Gasteiger partial charge in [0.25, 0.3) is 0 Å². The van der Waals surface area contributed by atoms with Crippen LogP contribution in [0.2, 0.25) is 0 Å². The Morgan fingerprint density at radius 1 is 1.24 bits per heavy atom. The van der Waals surface area contributed by atoms with Crippen molar-refractivity contribution < 1.29 is 4.79 Å². The molecule has 122 valence electrons. The molecule has 1 N–H and O–H groups in total. The van der Waals surface area contributed by atoms with Gasteiger partial charge in [-0.15, -0.1) is 0 Å². The van der Waals surface area contributed by atoms with Gasteiger partial charge in [-0.2, -0.15) is 0 Å². The van der Waals surface area contributed by atoms with Crippen molar-refractivity contribution in [1.29, 1.82) is 0 Å². The Labute approximate surface area is 130 Å². The first-order valence-electron chi connectivity index (χ1n) is 8.87. The van der Waals surface area contributed by atoms with Crippen LogP contribution in [0.3, 0.4) is 0 Å². The maximum Gasteiger partial charge on any atom is 0.223 e. The summed E-state index contributed by atoms with van der Waals surface area (Å²) >= 11 is 0. The Balaban J connectivity index is 1.88. The molecule has 2 heterocycles. The third-order valence-electron chi connectivity index (χ3n) is 5.03. The lowest BCUT2D eigenvalue weighted by molar-refractivity contribution is -0.134. The zero-order chi connectivity index (χ0) is 15.5. The summed E-state index contributed by atoms with van der Waals surface area (Å²) in [7, 11) is 0. The maximum atomic E-state index is 12.7. The van der Waals surface area contributed by atoms with Crippen LogP contribution < -0.4 is 5.32 Å². The number of amides is 1. The summed E-state index contributed by atoms with van der Waals surface area (Å²) in [5.41, 5.74) is 0.319. The van der Waals surface area contributed by atoms with Crippen molar-refractivity contribution in [3.8, 4) is 0 Å². The van der Waals surface area contributed by atoms with E-state index in [1.165, 1.54) is 25.7 Å². The largest absolute Gasteiger partial charge is 0.339 e. The third kappa shape index (κ3) is 4.98. The Morgan fingerprint density at radius 3 is 2.52 bits per heavy atom. The van der Waals surface area contributed by atoms with Gasteiger partial charge < -0.3 is 10.2 Å². The number of nitrogens with one attached hydrogen (secondary N) is 1. The molecule has 2 rings (SSSR count). The molecule has 2 fully saturated rings. The van der Waals surface area contributed by atoms with E-state index in [0.29, 0.717) is 23.3 Å². The number of carbonyl (C=O) groups is 1. The van der Waals surface area contributed by atoms with Gasteiger partial charge in [0.15, 0.2) is 0 Å². The highest BCUT2D eigenvalue weighted by Crippen LogP contribution is 2.32. The van der Waals surface area contributed by atoms with Crippen molar-refractivity contribution in [2.24, 2.45) is 17.3 Å². The SMILES string of the molecule is CC(CC(=O)N1CCCC1C1CCNCC1)CC(C)(C)C. The molecule has 2 atom stereocenters. The van der Waals surface area contributed by atoms with Gasteiger partial charge in [-0.25, -0.2) is 0 Å². The van der Waals surface area contributed by atoms with Gasteiger partial charge in [0, 0.05) is 19.0 Å². The summed E-state index contributed by atoms with van der Waals surface area (Å²) in [5, 5.41) is 3.44. The molecule has 0 aliphatic carbocycles. The second-order valence-electron chi connectivity index (χ2n) is 8.46. The molecule has 2 aliphatic rings. The number of hydrogen-bond donors (Lipinski definition) is 1. The van der Waals surface area contributed by atoms with E-state index < -0.39 is 0 Å². The van der Waals surface area contributed by atoms with Crippen LogP contribution in [0.1, 0.15) is 66.2 Å². The number of carbonyl (C=O) groups excluding carboxylic acids is 1. The molecule has 0 aromatic heterocycles. The minimum absolute atomic E-state index is 0.319. The molecule has 0 spiro atoms. The quantitative estimate of drug-likeness (QED) is 0.861. The molecule has 3 heteroatoms. The number of likely N-dealkylation sites (tertiary alicyclic amines) is 1. The minimum atomic E-state index is 0.319. The first kappa shape index (κ1) is 16.8. The van der Waals surface area contributed by atoms with E-state index in [2.05, 4.69) is 37.9 Å². The smallest absolute Gasteiger partial charge is 0.223 e. The number of hydrogen-bond acceptors (Lipinski definition) is 2. The summed E-state index contributed by atoms with van der Waals surface area (Å²) in [6.45, 7) is 12.3. The van der Waals surface area contributed by atoms with Crippen molar-refractivity contribution >= 4 is 5.91 Å². The standard InChI is InChI=1S/C18H34N2O/c1-14(13-18(2,3)4)12-17(21)20-11-5-6-16(20)15-7-9-19-10-8-15/h14-16,19H,5-13H2,1-4H3. The topological polar surface area (TPSA) is 32.3 Å². The molecule has 2 saturated heterocycles. The van der Waals surface area contributed by atoms with Crippen molar-refractivity contribution in [3.05, 3.63) is 0 Å². The van der Waals surface area contributed by atoms with Crippen LogP contribution in [-0.4, -0.2) is 36.5 Å². The second-order valence-corrected chi connectivity index (χ2v) is 8.46. The fourth-order valence-corrected chi connectivity index (χ4v) is 4.35. The lowest BCUT2D eigenvalue weighted by atomic mass is 9.83. The average molecular weight is 294 g/mol. The van der Waals surface area contributed by atoms with Gasteiger partial charge >= 0.3 is 0 Å². The zero-order valence-electron chi connectivity index (χ0n) is 14.5. The number of rotatable bonds is 4.